The van der Waals surface area contributed by atoms with Crippen molar-refractivity contribution >= 4 is 65.4 Å². The zero-order chi connectivity index (χ0) is 38.2. The maximum Gasteiger partial charge on any atom is 0.164 e. The van der Waals surface area contributed by atoms with E-state index in [0.29, 0.717) is 17.5 Å². The third-order valence-corrected chi connectivity index (χ3v) is 11.3. The lowest BCUT2D eigenvalue weighted by Gasteiger charge is -2.12. The van der Waals surface area contributed by atoms with Crippen LogP contribution in [0.3, 0.4) is 0 Å². The van der Waals surface area contributed by atoms with E-state index in [-0.39, 0.29) is 0 Å². The monoisotopic (exact) mass is 741 g/mol. The molecule has 9 aromatic carbocycles. The zero-order valence-electron chi connectivity index (χ0n) is 31.1. The minimum absolute atomic E-state index is 0.560. The molecule has 58 heavy (non-hydrogen) atoms. The molecule has 0 saturated carbocycles. The number of aromatic nitrogens is 3. The van der Waals surface area contributed by atoms with E-state index in [4.69, 9.17) is 23.8 Å². The molecule has 3 heterocycles. The molecule has 0 radical (unpaired) electrons. The molecule has 270 valence electrons. The number of benzene rings is 9. The van der Waals surface area contributed by atoms with Crippen molar-refractivity contribution in [3.05, 3.63) is 188 Å². The summed E-state index contributed by atoms with van der Waals surface area (Å²) in [6, 6.07) is 65.0. The van der Waals surface area contributed by atoms with E-state index in [9.17, 15) is 0 Å². The van der Waals surface area contributed by atoms with Crippen LogP contribution in [0.15, 0.2) is 197 Å². The normalized spacial score (nSPS) is 11.8. The largest absolute Gasteiger partial charge is 0.456 e. The first-order valence-electron chi connectivity index (χ1n) is 19.4. The van der Waals surface area contributed by atoms with Crippen LogP contribution in [0.1, 0.15) is 0 Å². The SMILES string of the molecule is c1ccc(-c2ccc(-c3nc(-c4cc5oc6ccccc6c5c5ccccc45)nc(-c4cccc5oc6c(-c7ccc8ccccc8c7)cccc6c45)n3)cc2)cc1. The van der Waals surface area contributed by atoms with Crippen molar-refractivity contribution in [3.63, 3.8) is 0 Å². The lowest BCUT2D eigenvalue weighted by atomic mass is 9.98. The highest BCUT2D eigenvalue weighted by Gasteiger charge is 2.22. The number of fused-ring (bicyclic) bond motifs is 9. The van der Waals surface area contributed by atoms with Gasteiger partial charge in [-0.15, -0.1) is 0 Å². The minimum atomic E-state index is 0.560. The van der Waals surface area contributed by atoms with Crippen LogP contribution in [0.4, 0.5) is 0 Å². The first kappa shape index (κ1) is 32.4. The Kier molecular flexibility index (Phi) is 7.16. The van der Waals surface area contributed by atoms with Crippen molar-refractivity contribution in [2.24, 2.45) is 0 Å². The van der Waals surface area contributed by atoms with Gasteiger partial charge in [0.25, 0.3) is 0 Å². The molecular weight excluding hydrogens is 711 g/mol. The van der Waals surface area contributed by atoms with Crippen LogP contribution < -0.4 is 0 Å². The molecule has 12 rings (SSSR count). The Hall–Kier alpha value is -7.89. The van der Waals surface area contributed by atoms with Crippen molar-refractivity contribution < 1.29 is 8.83 Å². The smallest absolute Gasteiger partial charge is 0.164 e. The fourth-order valence-electron chi connectivity index (χ4n) is 8.58. The van der Waals surface area contributed by atoms with Gasteiger partial charge in [-0.3, -0.25) is 0 Å². The van der Waals surface area contributed by atoms with Gasteiger partial charge < -0.3 is 8.83 Å². The van der Waals surface area contributed by atoms with Crippen LogP contribution in [0, 0.1) is 0 Å². The van der Waals surface area contributed by atoms with Crippen LogP contribution in [-0.4, -0.2) is 15.0 Å². The molecule has 3 aromatic heterocycles. The summed E-state index contributed by atoms with van der Waals surface area (Å²) in [5.74, 6) is 1.70. The van der Waals surface area contributed by atoms with E-state index in [1.807, 2.05) is 30.3 Å². The standard InChI is InChI=1S/C53H31N3O2/c1-2-12-32(13-3-1)34-24-27-35(28-25-34)51-54-52(56-53(55-51)44-31-47-48(40-17-7-6-16-39(40)44)41-18-8-9-22-45(41)57-47)43-21-11-23-46-49(43)42-20-10-19-38(50(42)58-46)37-29-26-33-14-4-5-15-36(33)30-37/h1-31H. The summed E-state index contributed by atoms with van der Waals surface area (Å²) in [6.07, 6.45) is 0. The summed E-state index contributed by atoms with van der Waals surface area (Å²) in [7, 11) is 0. The summed E-state index contributed by atoms with van der Waals surface area (Å²) < 4.78 is 13.2. The van der Waals surface area contributed by atoms with E-state index in [1.165, 1.54) is 10.8 Å². The lowest BCUT2D eigenvalue weighted by Crippen LogP contribution is -2.01. The van der Waals surface area contributed by atoms with Gasteiger partial charge in [-0.25, -0.2) is 15.0 Å². The summed E-state index contributed by atoms with van der Waals surface area (Å²) in [4.78, 5) is 15.8. The fraction of sp³-hybridized carbons (Fsp3) is 0. The second-order valence-corrected chi connectivity index (χ2v) is 14.7. The zero-order valence-corrected chi connectivity index (χ0v) is 31.1. The number of nitrogens with zero attached hydrogens (tertiary/aromatic N) is 3. The first-order chi connectivity index (χ1) is 28.7. The van der Waals surface area contributed by atoms with E-state index >= 15 is 0 Å². The van der Waals surface area contributed by atoms with Gasteiger partial charge in [0.05, 0.1) is 0 Å². The minimum Gasteiger partial charge on any atom is -0.456 e. The Bertz CT molecular complexity index is 3570. The molecule has 0 amide bonds. The first-order valence-corrected chi connectivity index (χ1v) is 19.4. The Labute approximate surface area is 332 Å². The molecular formula is C53H31N3O2. The van der Waals surface area contributed by atoms with Gasteiger partial charge in [0.15, 0.2) is 17.5 Å². The molecule has 5 heteroatoms. The van der Waals surface area contributed by atoms with E-state index in [1.54, 1.807) is 0 Å². The molecule has 0 aliphatic carbocycles. The summed E-state index contributed by atoms with van der Waals surface area (Å²) in [5.41, 5.74) is 10.3. The van der Waals surface area contributed by atoms with Gasteiger partial charge >= 0.3 is 0 Å². The maximum absolute atomic E-state index is 6.75. The molecule has 0 saturated heterocycles. The number of furan rings is 2. The summed E-state index contributed by atoms with van der Waals surface area (Å²) in [6.45, 7) is 0. The molecule has 0 aliphatic heterocycles. The Balaban J connectivity index is 1.10. The average molecular weight is 742 g/mol. The third kappa shape index (κ3) is 5.14. The summed E-state index contributed by atoms with van der Waals surface area (Å²) in [5, 5.41) is 8.63. The van der Waals surface area contributed by atoms with E-state index in [0.717, 1.165) is 93.6 Å². The van der Waals surface area contributed by atoms with Gasteiger partial charge in [0.1, 0.15) is 22.3 Å². The Morgan fingerprint density at radius 2 is 0.897 bits per heavy atom. The van der Waals surface area contributed by atoms with Crippen molar-refractivity contribution in [3.8, 4) is 56.4 Å². The fourth-order valence-corrected chi connectivity index (χ4v) is 8.58. The molecule has 0 unspecified atom stereocenters. The van der Waals surface area contributed by atoms with Crippen molar-refractivity contribution in [2.45, 2.75) is 0 Å². The predicted molar refractivity (Wildman–Crippen MR) is 237 cm³/mol. The number of para-hydroxylation sites is 2. The van der Waals surface area contributed by atoms with Crippen LogP contribution in [0.25, 0.3) is 122 Å². The van der Waals surface area contributed by atoms with Gasteiger partial charge in [-0.05, 0) is 62.5 Å². The highest BCUT2D eigenvalue weighted by atomic mass is 16.3. The lowest BCUT2D eigenvalue weighted by molar-refractivity contribution is 0.669. The second kappa shape index (κ2) is 12.8. The van der Waals surface area contributed by atoms with Crippen LogP contribution in [0.2, 0.25) is 0 Å². The van der Waals surface area contributed by atoms with Crippen LogP contribution in [0.5, 0.6) is 0 Å². The van der Waals surface area contributed by atoms with Crippen LogP contribution >= 0.6 is 0 Å². The Morgan fingerprint density at radius 1 is 0.293 bits per heavy atom. The molecule has 12 aromatic rings. The second-order valence-electron chi connectivity index (χ2n) is 14.7. The summed E-state index contributed by atoms with van der Waals surface area (Å²) >= 11 is 0. The molecule has 5 nitrogen and oxygen atoms in total. The molecule has 0 aliphatic rings. The number of hydrogen-bond donors (Lipinski definition) is 0. The highest BCUT2D eigenvalue weighted by Crippen LogP contribution is 2.43. The Morgan fingerprint density at radius 3 is 1.76 bits per heavy atom. The van der Waals surface area contributed by atoms with E-state index < -0.39 is 0 Å². The number of rotatable bonds is 5. The molecule has 0 atom stereocenters. The average Bonchev–Trinajstić information content (AvgIpc) is 3.88. The number of hydrogen-bond acceptors (Lipinski definition) is 5. The van der Waals surface area contributed by atoms with Gasteiger partial charge in [-0.2, -0.15) is 0 Å². The van der Waals surface area contributed by atoms with Gasteiger partial charge in [0.2, 0.25) is 0 Å². The van der Waals surface area contributed by atoms with Crippen molar-refractivity contribution in [1.29, 1.82) is 0 Å². The maximum atomic E-state index is 6.75. The van der Waals surface area contributed by atoms with Crippen molar-refractivity contribution in [1.82, 2.24) is 15.0 Å². The molecule has 0 fully saturated rings. The quantitative estimate of drug-likeness (QED) is 0.176. The van der Waals surface area contributed by atoms with Crippen LogP contribution in [-0.2, 0) is 0 Å². The third-order valence-electron chi connectivity index (χ3n) is 11.3. The molecule has 0 N–H and O–H groups in total. The van der Waals surface area contributed by atoms with Gasteiger partial charge in [-0.1, -0.05) is 164 Å². The van der Waals surface area contributed by atoms with Crippen molar-refractivity contribution in [2.75, 3.05) is 0 Å². The molecule has 0 bridgehead atoms. The molecule has 0 spiro atoms. The van der Waals surface area contributed by atoms with E-state index in [2.05, 4.69) is 158 Å². The topological polar surface area (TPSA) is 65.0 Å². The highest BCUT2D eigenvalue weighted by molar-refractivity contribution is 6.22. The predicted octanol–water partition coefficient (Wildman–Crippen LogP) is 14.3. The van der Waals surface area contributed by atoms with Gasteiger partial charge in [0, 0.05) is 43.8 Å².